The van der Waals surface area contributed by atoms with Crippen molar-refractivity contribution in [3.05, 3.63) is 22.8 Å². The highest BCUT2D eigenvalue weighted by atomic mass is 16.6. The van der Waals surface area contributed by atoms with Crippen LogP contribution >= 0.6 is 0 Å². The van der Waals surface area contributed by atoms with E-state index in [1.807, 2.05) is 26.0 Å². The molecule has 284 valence electrons. The Morgan fingerprint density at radius 2 is 1.12 bits per heavy atom. The van der Waals surface area contributed by atoms with Crippen LogP contribution in [0.2, 0.25) is 0 Å². The van der Waals surface area contributed by atoms with E-state index < -0.39 is 28.7 Å². The van der Waals surface area contributed by atoms with E-state index in [2.05, 4.69) is 16.6 Å². The highest BCUT2D eigenvalue weighted by molar-refractivity contribution is 6.02. The normalized spacial score (nSPS) is 11.8. The van der Waals surface area contributed by atoms with Gasteiger partial charge in [0.2, 0.25) is 13.1 Å². The number of aliphatic hydroxyl groups excluding tert-OH is 2. The summed E-state index contributed by atoms with van der Waals surface area (Å²) in [7, 11) is 1.19. The number of ether oxygens (including phenoxy) is 3. The Balaban J connectivity index is -0.000000342. The standard InChI is InChI=1S/C17H26N2O4.C12H16N2O3.C6H14O2.C2H6/c1-4-5-6-7-8-14-23-16(21)17(10-9-12-18,11-13-19-2)15(20)22-3;1-4-17-11(16)12(10(2)15,6-5-8-13)7-9-14-3;7-5-3-1-2-4-6-8;1-2/h4-11,13-14H2,1,3H3;4-7,9H2,1-2H3;7-8H,1-6H2;1-2H3. The van der Waals surface area contributed by atoms with E-state index in [0.29, 0.717) is 0 Å². The lowest BCUT2D eigenvalue weighted by atomic mass is 9.76. The van der Waals surface area contributed by atoms with Crippen LogP contribution in [0.1, 0.15) is 131 Å². The van der Waals surface area contributed by atoms with Crippen LogP contribution in [0.15, 0.2) is 0 Å². The molecule has 50 heavy (non-hydrogen) atoms. The molecule has 0 fully saturated rings. The van der Waals surface area contributed by atoms with Crippen LogP contribution in [0.3, 0.4) is 0 Å². The van der Waals surface area contributed by atoms with Gasteiger partial charge in [0.1, 0.15) is 11.2 Å². The number of nitriles is 2. The number of nitrogens with zero attached hydrogens (tertiary/aromatic N) is 4. The summed E-state index contributed by atoms with van der Waals surface area (Å²) in [4.78, 5) is 54.5. The minimum atomic E-state index is -1.54. The number of aliphatic hydroxyl groups is 2. The van der Waals surface area contributed by atoms with E-state index in [1.165, 1.54) is 14.0 Å². The first-order chi connectivity index (χ1) is 24.0. The van der Waals surface area contributed by atoms with E-state index in [0.717, 1.165) is 57.8 Å². The van der Waals surface area contributed by atoms with Crippen molar-refractivity contribution in [2.75, 3.05) is 46.6 Å². The molecular weight excluding hydrogens is 644 g/mol. The van der Waals surface area contributed by atoms with Crippen LogP contribution < -0.4 is 0 Å². The number of hydrogen-bond donors (Lipinski definition) is 2. The number of methoxy groups -OCH3 is 1. The number of carbonyl (C=O) groups excluding carboxylic acids is 4. The van der Waals surface area contributed by atoms with Crippen molar-refractivity contribution in [3.8, 4) is 12.1 Å². The van der Waals surface area contributed by atoms with E-state index in [-0.39, 0.29) is 83.8 Å². The highest BCUT2D eigenvalue weighted by Crippen LogP contribution is 2.33. The molecule has 0 radical (unpaired) electrons. The second-order valence-electron chi connectivity index (χ2n) is 10.9. The van der Waals surface area contributed by atoms with E-state index in [9.17, 15) is 19.2 Å². The molecule has 0 aromatic carbocycles. The predicted molar refractivity (Wildman–Crippen MR) is 190 cm³/mol. The Bertz CT molecular complexity index is 1030. The second-order valence-corrected chi connectivity index (χ2v) is 10.9. The number of unbranched alkanes of at least 4 members (excludes halogenated alkanes) is 7. The van der Waals surface area contributed by atoms with Crippen molar-refractivity contribution < 1.29 is 43.6 Å². The van der Waals surface area contributed by atoms with Crippen molar-refractivity contribution in [2.45, 2.75) is 131 Å². The average Bonchev–Trinajstić information content (AvgIpc) is 3.13. The Kier molecular flexibility index (Phi) is 39.9. The van der Waals surface area contributed by atoms with Crippen LogP contribution in [-0.2, 0) is 33.4 Å². The summed E-state index contributed by atoms with van der Waals surface area (Å²) in [6, 6.07) is 3.84. The Labute approximate surface area is 300 Å². The first-order valence-corrected chi connectivity index (χ1v) is 17.6. The molecule has 2 N–H and O–H groups in total. The van der Waals surface area contributed by atoms with Crippen molar-refractivity contribution in [1.82, 2.24) is 0 Å². The van der Waals surface area contributed by atoms with Gasteiger partial charge >= 0.3 is 17.9 Å². The third kappa shape index (κ3) is 24.2. The first kappa shape index (κ1) is 52.8. The van der Waals surface area contributed by atoms with Gasteiger partial charge in [-0.15, -0.1) is 0 Å². The van der Waals surface area contributed by atoms with Crippen molar-refractivity contribution >= 4 is 23.7 Å². The lowest BCUT2D eigenvalue weighted by Crippen LogP contribution is -2.42. The van der Waals surface area contributed by atoms with E-state index in [1.54, 1.807) is 6.92 Å². The van der Waals surface area contributed by atoms with Gasteiger partial charge in [-0.2, -0.15) is 10.5 Å². The zero-order chi connectivity index (χ0) is 39.1. The Hall–Kier alpha value is -4.04. The minimum Gasteiger partial charge on any atom is -0.468 e. The van der Waals surface area contributed by atoms with Gasteiger partial charge in [-0.25, -0.2) is 13.1 Å². The van der Waals surface area contributed by atoms with Gasteiger partial charge in [-0.3, -0.25) is 19.2 Å². The second kappa shape index (κ2) is 37.8. The van der Waals surface area contributed by atoms with Gasteiger partial charge in [0.25, 0.3) is 0 Å². The highest BCUT2D eigenvalue weighted by Gasteiger charge is 2.49. The topological polar surface area (TPSA) is 193 Å². The number of carbonyl (C=O) groups is 4. The molecule has 0 aliphatic carbocycles. The van der Waals surface area contributed by atoms with Crippen LogP contribution in [0, 0.1) is 46.6 Å². The van der Waals surface area contributed by atoms with Gasteiger partial charge in [-0.1, -0.05) is 59.3 Å². The zero-order valence-corrected chi connectivity index (χ0v) is 31.4. The molecule has 0 saturated heterocycles. The maximum atomic E-state index is 12.4. The van der Waals surface area contributed by atoms with Gasteiger partial charge in [0, 0.05) is 38.9 Å². The third-order valence-corrected chi connectivity index (χ3v) is 7.48. The maximum absolute atomic E-state index is 12.4. The van der Waals surface area contributed by atoms with Crippen LogP contribution in [0.4, 0.5) is 0 Å². The van der Waals surface area contributed by atoms with Crippen molar-refractivity contribution in [1.29, 1.82) is 10.5 Å². The van der Waals surface area contributed by atoms with Crippen LogP contribution in [0.25, 0.3) is 9.69 Å². The van der Waals surface area contributed by atoms with Gasteiger partial charge < -0.3 is 34.1 Å². The molecule has 2 unspecified atom stereocenters. The molecule has 0 aliphatic rings. The molecular formula is C37H62N4O9. The fraction of sp³-hybridized carbons (Fsp3) is 0.784. The van der Waals surface area contributed by atoms with Gasteiger partial charge in [0.15, 0.2) is 5.41 Å². The molecule has 13 heteroatoms. The predicted octanol–water partition coefficient (Wildman–Crippen LogP) is 6.57. The molecule has 13 nitrogen and oxygen atoms in total. The largest absolute Gasteiger partial charge is 0.468 e. The van der Waals surface area contributed by atoms with E-state index in [4.69, 9.17) is 48.1 Å². The zero-order valence-electron chi connectivity index (χ0n) is 31.4. The fourth-order valence-electron chi connectivity index (χ4n) is 4.52. The monoisotopic (exact) mass is 706 g/mol. The summed E-state index contributed by atoms with van der Waals surface area (Å²) in [5, 5.41) is 34.0. The van der Waals surface area contributed by atoms with Crippen LogP contribution in [0.5, 0.6) is 0 Å². The van der Waals surface area contributed by atoms with Crippen LogP contribution in [-0.4, -0.2) is 80.5 Å². The molecule has 0 rings (SSSR count). The van der Waals surface area contributed by atoms with Gasteiger partial charge in [-0.05, 0) is 46.0 Å². The SMILES string of the molecule is CC.OCCCCCCO.[C-]#[N+]CCC(CCC#N)(C(=O)OC)C(=O)OCCCCCCC.[C-]#[N+]CCC(CCC#N)(C(C)=O)C(=O)OCC. The summed E-state index contributed by atoms with van der Waals surface area (Å²) in [6.45, 7) is 23.8. The first-order valence-electron chi connectivity index (χ1n) is 17.6. The van der Waals surface area contributed by atoms with Crippen molar-refractivity contribution in [2.24, 2.45) is 10.8 Å². The number of hydrogen-bond acceptors (Lipinski definition) is 11. The molecule has 0 saturated carbocycles. The molecule has 0 bridgehead atoms. The van der Waals surface area contributed by atoms with E-state index >= 15 is 0 Å². The third-order valence-electron chi connectivity index (χ3n) is 7.48. The number of rotatable bonds is 24. The number of Topliss-reactive ketones (excluding diaryl/α,β-unsaturated/α-hetero) is 1. The fourth-order valence-corrected chi connectivity index (χ4v) is 4.52. The Morgan fingerprint density at radius 1 is 0.680 bits per heavy atom. The van der Waals surface area contributed by atoms with Crippen molar-refractivity contribution in [3.63, 3.8) is 0 Å². The molecule has 0 heterocycles. The minimum absolute atomic E-state index is 0.00608. The lowest BCUT2D eigenvalue weighted by Gasteiger charge is -2.26. The summed E-state index contributed by atoms with van der Waals surface area (Å²) < 4.78 is 14.9. The summed E-state index contributed by atoms with van der Waals surface area (Å²) >= 11 is 0. The summed E-state index contributed by atoms with van der Waals surface area (Å²) in [6.07, 6.45) is 9.28. The smallest absolute Gasteiger partial charge is 0.323 e. The summed E-state index contributed by atoms with van der Waals surface area (Å²) in [5.74, 6) is -2.37. The molecule has 0 amide bonds. The molecule has 2 atom stereocenters. The molecule has 0 aromatic rings. The number of esters is 3. The average molecular weight is 707 g/mol. The molecule has 0 aromatic heterocycles. The quantitative estimate of drug-likeness (QED) is 0.0363. The molecule has 0 spiro atoms. The summed E-state index contributed by atoms with van der Waals surface area (Å²) in [5.41, 5.74) is -2.87. The maximum Gasteiger partial charge on any atom is 0.323 e. The lowest BCUT2D eigenvalue weighted by molar-refractivity contribution is -0.172. The number of ketones is 1. The Morgan fingerprint density at radius 3 is 1.52 bits per heavy atom. The van der Waals surface area contributed by atoms with Gasteiger partial charge in [0.05, 0.1) is 32.5 Å². The molecule has 0 aliphatic heterocycles.